The Bertz CT molecular complexity index is 403. The summed E-state index contributed by atoms with van der Waals surface area (Å²) in [6.07, 6.45) is 7.18. The summed E-state index contributed by atoms with van der Waals surface area (Å²) < 4.78 is 0. The van der Waals surface area contributed by atoms with Gasteiger partial charge in [-0.25, -0.2) is 0 Å². The highest BCUT2D eigenvalue weighted by atomic mass is 16.4. The molecule has 0 amide bonds. The number of hydrogen-bond acceptors (Lipinski definition) is 2. The molecule has 3 nitrogen and oxygen atoms in total. The lowest BCUT2D eigenvalue weighted by Crippen LogP contribution is -2.03. The first kappa shape index (κ1) is 18.3. The van der Waals surface area contributed by atoms with Crippen LogP contribution in [0.15, 0.2) is 12.7 Å². The maximum absolute atomic E-state index is 10.5. The van der Waals surface area contributed by atoms with E-state index in [1.54, 1.807) is 0 Å². The molecule has 0 radical (unpaired) electrons. The minimum absolute atomic E-state index is 0.0713. The Kier molecular flexibility index (Phi) is 11.3. The number of allylic oxidation sites excluding steroid dienone is 1. The fourth-order valence-corrected chi connectivity index (χ4v) is 1.64. The van der Waals surface area contributed by atoms with E-state index in [1.807, 2.05) is 0 Å². The molecule has 0 bridgehead atoms. The van der Waals surface area contributed by atoms with Crippen molar-refractivity contribution in [1.29, 1.82) is 0 Å². The average molecular weight is 276 g/mol. The number of carbonyl (C=O) groups is 1. The van der Waals surface area contributed by atoms with Crippen molar-refractivity contribution in [3.63, 3.8) is 0 Å². The van der Waals surface area contributed by atoms with Gasteiger partial charge in [0.2, 0.25) is 0 Å². The summed E-state index contributed by atoms with van der Waals surface area (Å²) in [4.78, 5) is 10.5. The van der Waals surface area contributed by atoms with Crippen LogP contribution < -0.4 is 0 Å². The van der Waals surface area contributed by atoms with E-state index < -0.39 is 18.0 Å². The summed E-state index contributed by atoms with van der Waals surface area (Å²) in [6, 6.07) is 0. The van der Waals surface area contributed by atoms with Crippen LogP contribution in [0, 0.1) is 29.6 Å². The summed E-state index contributed by atoms with van der Waals surface area (Å²) >= 11 is 0. The molecule has 2 N–H and O–H groups in total. The summed E-state index contributed by atoms with van der Waals surface area (Å²) in [7, 11) is 0. The minimum Gasteiger partial charge on any atom is -0.481 e. The third kappa shape index (κ3) is 11.4. The Morgan fingerprint density at radius 2 is 1.85 bits per heavy atom. The van der Waals surface area contributed by atoms with E-state index >= 15 is 0 Å². The van der Waals surface area contributed by atoms with Crippen molar-refractivity contribution >= 4 is 5.97 Å². The highest BCUT2D eigenvalue weighted by Crippen LogP contribution is 2.06. The van der Waals surface area contributed by atoms with Crippen LogP contribution in [0.25, 0.3) is 0 Å². The number of hydrogen-bond donors (Lipinski definition) is 2. The Labute approximate surface area is 122 Å². The zero-order chi connectivity index (χ0) is 15.2. The summed E-state index contributed by atoms with van der Waals surface area (Å²) in [6.45, 7) is 5.70. The van der Waals surface area contributed by atoms with E-state index in [4.69, 9.17) is 5.11 Å². The van der Waals surface area contributed by atoms with Crippen molar-refractivity contribution in [1.82, 2.24) is 0 Å². The van der Waals surface area contributed by atoms with Gasteiger partial charge in [-0.1, -0.05) is 50.5 Å². The van der Waals surface area contributed by atoms with Crippen molar-refractivity contribution in [3.05, 3.63) is 12.7 Å². The molecule has 0 saturated heterocycles. The Morgan fingerprint density at radius 1 is 1.20 bits per heavy atom. The summed E-state index contributed by atoms with van der Waals surface area (Å²) in [5.41, 5.74) is 0. The van der Waals surface area contributed by atoms with Crippen molar-refractivity contribution in [3.8, 4) is 23.7 Å². The third-order valence-electron chi connectivity index (χ3n) is 2.82. The maximum Gasteiger partial charge on any atom is 0.304 e. The Hall–Kier alpha value is -1.71. The third-order valence-corrected chi connectivity index (χ3v) is 2.82. The van der Waals surface area contributed by atoms with Gasteiger partial charge in [0.05, 0.1) is 6.42 Å². The second kappa shape index (κ2) is 12.3. The van der Waals surface area contributed by atoms with Gasteiger partial charge in [0.1, 0.15) is 6.10 Å². The predicted molar refractivity (Wildman–Crippen MR) is 80.9 cm³/mol. The summed E-state index contributed by atoms with van der Waals surface area (Å²) in [5, 5.41) is 18.2. The molecular formula is C17H24O3. The zero-order valence-electron chi connectivity index (χ0n) is 12.2. The molecule has 20 heavy (non-hydrogen) atoms. The van der Waals surface area contributed by atoms with Crippen LogP contribution in [0.3, 0.4) is 0 Å². The molecule has 0 aromatic heterocycles. The number of aliphatic hydroxyl groups is 1. The highest BCUT2D eigenvalue weighted by Gasteiger charge is 2.04. The van der Waals surface area contributed by atoms with Gasteiger partial charge in [0, 0.05) is 5.92 Å². The molecule has 3 heteroatoms. The molecule has 0 rings (SSSR count). The molecule has 110 valence electrons. The van der Waals surface area contributed by atoms with Crippen molar-refractivity contribution in [2.45, 2.75) is 58.0 Å². The van der Waals surface area contributed by atoms with Crippen molar-refractivity contribution in [2.24, 2.45) is 5.92 Å². The first-order chi connectivity index (χ1) is 9.60. The number of carboxylic acids is 1. The smallest absolute Gasteiger partial charge is 0.304 e. The molecule has 0 aromatic rings. The van der Waals surface area contributed by atoms with Gasteiger partial charge in [-0.15, -0.1) is 6.58 Å². The fourth-order valence-electron chi connectivity index (χ4n) is 1.64. The predicted octanol–water partition coefficient (Wildman–Crippen LogP) is 2.99. The van der Waals surface area contributed by atoms with E-state index in [0.29, 0.717) is 6.42 Å². The van der Waals surface area contributed by atoms with Gasteiger partial charge < -0.3 is 10.2 Å². The molecule has 2 atom stereocenters. The minimum atomic E-state index is -0.913. The Balaban J connectivity index is 4.00. The number of rotatable bonds is 9. The molecule has 0 aliphatic heterocycles. The topological polar surface area (TPSA) is 57.5 Å². The van der Waals surface area contributed by atoms with E-state index in [2.05, 4.69) is 37.2 Å². The van der Waals surface area contributed by atoms with E-state index in [1.165, 1.54) is 25.3 Å². The van der Waals surface area contributed by atoms with Crippen LogP contribution in [-0.4, -0.2) is 22.3 Å². The molecule has 0 aliphatic rings. The number of aliphatic hydroxyl groups excluding tert-OH is 1. The van der Waals surface area contributed by atoms with Gasteiger partial charge in [0.25, 0.3) is 0 Å². The highest BCUT2D eigenvalue weighted by molar-refractivity contribution is 5.68. The molecular weight excluding hydrogens is 252 g/mol. The number of aliphatic carboxylic acids is 1. The van der Waals surface area contributed by atoms with Crippen LogP contribution in [0.2, 0.25) is 0 Å². The van der Waals surface area contributed by atoms with Gasteiger partial charge in [-0.2, -0.15) is 0 Å². The first-order valence-electron chi connectivity index (χ1n) is 7.13. The molecule has 0 spiro atoms. The lowest BCUT2D eigenvalue weighted by atomic mass is 10.1. The largest absolute Gasteiger partial charge is 0.481 e. The van der Waals surface area contributed by atoms with E-state index in [9.17, 15) is 9.90 Å². The number of unbranched alkanes of at least 4 members (excludes halogenated alkanes) is 4. The molecule has 0 aromatic carbocycles. The molecule has 0 fully saturated rings. The molecule has 0 unspecified atom stereocenters. The van der Waals surface area contributed by atoms with Crippen molar-refractivity contribution in [2.75, 3.05) is 0 Å². The number of carboxylic acid groups (broad SMARTS) is 1. The lowest BCUT2D eigenvalue weighted by molar-refractivity contribution is -0.137. The fraction of sp³-hybridized carbons (Fsp3) is 0.588. The van der Waals surface area contributed by atoms with Gasteiger partial charge in [-0.3, -0.25) is 4.79 Å². The lowest BCUT2D eigenvalue weighted by Gasteiger charge is -2.02. The van der Waals surface area contributed by atoms with Crippen LogP contribution in [0.5, 0.6) is 0 Å². The second-order valence-electron chi connectivity index (χ2n) is 4.70. The van der Waals surface area contributed by atoms with Gasteiger partial charge in [0.15, 0.2) is 0 Å². The molecule has 0 aliphatic carbocycles. The second-order valence-corrected chi connectivity index (χ2v) is 4.70. The van der Waals surface area contributed by atoms with Crippen molar-refractivity contribution < 1.29 is 15.0 Å². The van der Waals surface area contributed by atoms with Crippen LogP contribution in [0.4, 0.5) is 0 Å². The first-order valence-corrected chi connectivity index (χ1v) is 7.13. The standard InChI is InChI=1S/C17H24O3/c1-3-5-6-7-8-12-16(18)13-10-9-11-15(4-2)14-17(19)20/h4,15-16,18H,2-3,5-8,12,14H2,1H3,(H,19,20)/t15-,16+/m1/s1. The normalized spacial score (nSPS) is 12.3. The van der Waals surface area contributed by atoms with E-state index in [0.717, 1.165) is 12.8 Å². The van der Waals surface area contributed by atoms with Gasteiger partial charge in [-0.05, 0) is 24.7 Å². The summed E-state index contributed by atoms with van der Waals surface area (Å²) in [5.74, 6) is 9.21. The zero-order valence-corrected chi connectivity index (χ0v) is 12.2. The monoisotopic (exact) mass is 276 g/mol. The van der Waals surface area contributed by atoms with Gasteiger partial charge >= 0.3 is 5.97 Å². The quantitative estimate of drug-likeness (QED) is 0.387. The van der Waals surface area contributed by atoms with Crippen LogP contribution >= 0.6 is 0 Å². The molecule has 0 saturated carbocycles. The SMILES string of the molecule is C=C[C@H](C#CC#C[C@@H](O)CCCCCCC)CC(=O)O. The van der Waals surface area contributed by atoms with Crippen LogP contribution in [0.1, 0.15) is 51.9 Å². The van der Waals surface area contributed by atoms with E-state index in [-0.39, 0.29) is 6.42 Å². The van der Waals surface area contributed by atoms with Crippen LogP contribution in [-0.2, 0) is 4.79 Å². The average Bonchev–Trinajstić information content (AvgIpc) is 2.41. The maximum atomic E-state index is 10.5. The Morgan fingerprint density at radius 3 is 2.45 bits per heavy atom. The molecule has 0 heterocycles.